The molecule has 8 nitrogen and oxygen atoms in total. The number of hydrogen-bond donors (Lipinski definition) is 2. The maximum atomic E-state index is 12.6. The number of nitrogens with one attached hydrogen (secondary N) is 2. The Morgan fingerprint density at radius 1 is 1.04 bits per heavy atom. The van der Waals surface area contributed by atoms with Gasteiger partial charge in [0.25, 0.3) is 15.9 Å². The van der Waals surface area contributed by atoms with Crippen molar-refractivity contribution in [2.24, 2.45) is 0 Å². The molecule has 26 heavy (non-hydrogen) atoms. The minimum atomic E-state index is -3.84. The van der Waals surface area contributed by atoms with Crippen LogP contribution in [0.15, 0.2) is 41.3 Å². The van der Waals surface area contributed by atoms with Crippen LogP contribution in [0.3, 0.4) is 0 Å². The number of rotatable bonds is 3. The molecule has 0 fully saturated rings. The van der Waals surface area contributed by atoms with Crippen LogP contribution in [0.5, 0.6) is 17.2 Å². The quantitative estimate of drug-likeness (QED) is 0.849. The van der Waals surface area contributed by atoms with E-state index in [1.807, 2.05) is 0 Å². The van der Waals surface area contributed by atoms with Gasteiger partial charge in [-0.15, -0.1) is 0 Å². The van der Waals surface area contributed by atoms with Gasteiger partial charge < -0.3 is 19.5 Å². The molecule has 0 spiro atoms. The minimum Gasteiger partial charge on any atom is -0.486 e. The molecule has 4 rings (SSSR count). The van der Waals surface area contributed by atoms with Crippen LogP contribution >= 0.6 is 0 Å². The number of sulfonamides is 1. The fourth-order valence-corrected chi connectivity index (χ4v) is 3.74. The third-order valence-electron chi connectivity index (χ3n) is 3.99. The highest BCUT2D eigenvalue weighted by Crippen LogP contribution is 2.35. The Bertz CT molecular complexity index is 989. The van der Waals surface area contributed by atoms with E-state index in [1.165, 1.54) is 18.2 Å². The zero-order chi connectivity index (χ0) is 18.3. The van der Waals surface area contributed by atoms with Crippen molar-refractivity contribution in [3.05, 3.63) is 36.4 Å². The van der Waals surface area contributed by atoms with Gasteiger partial charge in [0.05, 0.1) is 16.3 Å². The molecule has 2 aromatic rings. The average Bonchev–Trinajstić information content (AvgIpc) is 2.62. The molecule has 0 radical (unpaired) electrons. The van der Waals surface area contributed by atoms with Gasteiger partial charge in [-0.3, -0.25) is 9.52 Å². The summed E-state index contributed by atoms with van der Waals surface area (Å²) in [7, 11) is -3.84. The zero-order valence-corrected chi connectivity index (χ0v) is 14.6. The van der Waals surface area contributed by atoms with Crippen molar-refractivity contribution < 1.29 is 27.4 Å². The number of amides is 1. The third-order valence-corrected chi connectivity index (χ3v) is 5.37. The largest absolute Gasteiger partial charge is 0.486 e. The van der Waals surface area contributed by atoms with Crippen LogP contribution in [0.4, 0.5) is 11.4 Å². The lowest BCUT2D eigenvalue weighted by Gasteiger charge is -2.23. The highest BCUT2D eigenvalue weighted by Gasteiger charge is 2.25. The van der Waals surface area contributed by atoms with Crippen molar-refractivity contribution in [3.8, 4) is 17.2 Å². The summed E-state index contributed by atoms with van der Waals surface area (Å²) in [4.78, 5) is 11.8. The van der Waals surface area contributed by atoms with E-state index in [4.69, 9.17) is 14.2 Å². The van der Waals surface area contributed by atoms with E-state index >= 15 is 0 Å². The van der Waals surface area contributed by atoms with E-state index in [9.17, 15) is 13.2 Å². The number of fused-ring (bicyclic) bond motifs is 2. The molecule has 0 unspecified atom stereocenters. The summed E-state index contributed by atoms with van der Waals surface area (Å²) in [5.74, 6) is 1.10. The zero-order valence-electron chi connectivity index (χ0n) is 13.8. The van der Waals surface area contributed by atoms with Gasteiger partial charge in [-0.25, -0.2) is 8.42 Å². The molecule has 2 aromatic carbocycles. The summed E-state index contributed by atoms with van der Waals surface area (Å²) in [5.41, 5.74) is 0.715. The van der Waals surface area contributed by atoms with E-state index in [-0.39, 0.29) is 10.8 Å². The number of carbonyl (C=O) groups is 1. The third kappa shape index (κ3) is 3.01. The van der Waals surface area contributed by atoms with Crippen LogP contribution in [-0.4, -0.2) is 33.6 Å². The van der Waals surface area contributed by atoms with Gasteiger partial charge in [0.2, 0.25) is 0 Å². The maximum absolute atomic E-state index is 12.6. The number of anilines is 2. The lowest BCUT2D eigenvalue weighted by molar-refractivity contribution is -0.122. The van der Waals surface area contributed by atoms with Crippen LogP contribution in [0.2, 0.25) is 0 Å². The van der Waals surface area contributed by atoms with Gasteiger partial charge in [-0.2, -0.15) is 0 Å². The van der Waals surface area contributed by atoms with E-state index < -0.39 is 16.1 Å². The first-order chi connectivity index (χ1) is 12.4. The van der Waals surface area contributed by atoms with Gasteiger partial charge in [0.1, 0.15) is 19.0 Å². The second-order valence-electron chi connectivity index (χ2n) is 5.87. The first kappa shape index (κ1) is 16.5. The van der Waals surface area contributed by atoms with E-state index in [1.54, 1.807) is 25.1 Å². The van der Waals surface area contributed by atoms with Crippen LogP contribution < -0.4 is 24.2 Å². The standard InChI is InChI=1S/C17H16N2O6S/c1-10-17(20)18-13-8-11(2-4-14(13)25-10)19-26(21,22)12-3-5-15-16(9-12)24-7-6-23-15/h2-5,8-10,19H,6-7H2,1H3,(H,18,20)/t10-/m0/s1. The molecule has 136 valence electrons. The summed E-state index contributed by atoms with van der Waals surface area (Å²) in [6.45, 7) is 2.43. The Morgan fingerprint density at radius 3 is 2.58 bits per heavy atom. The van der Waals surface area contributed by atoms with Crippen molar-refractivity contribution in [1.82, 2.24) is 0 Å². The molecule has 2 heterocycles. The smallest absolute Gasteiger partial charge is 0.265 e. The molecule has 0 aliphatic carbocycles. The maximum Gasteiger partial charge on any atom is 0.265 e. The van der Waals surface area contributed by atoms with Gasteiger partial charge >= 0.3 is 0 Å². The summed E-state index contributed by atoms with van der Waals surface area (Å²) in [6, 6.07) is 9.11. The van der Waals surface area contributed by atoms with Crippen LogP contribution in [-0.2, 0) is 14.8 Å². The molecular weight excluding hydrogens is 360 g/mol. The monoisotopic (exact) mass is 376 g/mol. The molecule has 0 bridgehead atoms. The van der Waals surface area contributed by atoms with Crippen LogP contribution in [0.25, 0.3) is 0 Å². The summed E-state index contributed by atoms with van der Waals surface area (Å²) >= 11 is 0. The Balaban J connectivity index is 1.60. The normalized spacial score (nSPS) is 18.3. The molecule has 1 atom stereocenters. The van der Waals surface area contributed by atoms with Crippen molar-refractivity contribution in [2.45, 2.75) is 17.9 Å². The predicted molar refractivity (Wildman–Crippen MR) is 93.4 cm³/mol. The SMILES string of the molecule is C[C@@H]1Oc2ccc(NS(=O)(=O)c3ccc4c(c3)OCCO4)cc2NC1=O. The second kappa shape index (κ2) is 6.10. The molecular formula is C17H16N2O6S. The number of hydrogen-bond acceptors (Lipinski definition) is 6. The fourth-order valence-electron chi connectivity index (χ4n) is 2.68. The summed E-state index contributed by atoms with van der Waals surface area (Å²) < 4.78 is 44.1. The second-order valence-corrected chi connectivity index (χ2v) is 7.55. The number of carbonyl (C=O) groups excluding carboxylic acids is 1. The van der Waals surface area contributed by atoms with Crippen molar-refractivity contribution >= 4 is 27.3 Å². The fraction of sp³-hybridized carbons (Fsp3) is 0.235. The average molecular weight is 376 g/mol. The molecule has 1 amide bonds. The molecule has 2 aliphatic rings. The van der Waals surface area contributed by atoms with Crippen molar-refractivity contribution in [3.63, 3.8) is 0 Å². The Labute approximate surface area is 150 Å². The minimum absolute atomic E-state index is 0.0494. The first-order valence-corrected chi connectivity index (χ1v) is 9.45. The first-order valence-electron chi connectivity index (χ1n) is 7.96. The van der Waals surface area contributed by atoms with E-state index in [0.717, 1.165) is 0 Å². The molecule has 2 N–H and O–H groups in total. The number of benzene rings is 2. The highest BCUT2D eigenvalue weighted by atomic mass is 32.2. The van der Waals surface area contributed by atoms with Crippen LogP contribution in [0.1, 0.15) is 6.92 Å². The lowest BCUT2D eigenvalue weighted by Crippen LogP contribution is -2.34. The lowest BCUT2D eigenvalue weighted by atomic mass is 10.2. The predicted octanol–water partition coefficient (Wildman–Crippen LogP) is 1.98. The van der Waals surface area contributed by atoms with Gasteiger partial charge in [0, 0.05) is 6.07 Å². The van der Waals surface area contributed by atoms with E-state index in [0.29, 0.717) is 41.8 Å². The molecule has 9 heteroatoms. The van der Waals surface area contributed by atoms with Crippen LogP contribution in [0, 0.1) is 0 Å². The van der Waals surface area contributed by atoms with Gasteiger partial charge in [0.15, 0.2) is 17.6 Å². The Kier molecular flexibility index (Phi) is 3.87. The van der Waals surface area contributed by atoms with Crippen molar-refractivity contribution in [2.75, 3.05) is 23.3 Å². The Morgan fingerprint density at radius 2 is 1.77 bits per heavy atom. The Hall–Kier alpha value is -2.94. The van der Waals surface area contributed by atoms with Crippen molar-refractivity contribution in [1.29, 1.82) is 0 Å². The molecule has 0 saturated heterocycles. The number of ether oxygens (including phenoxy) is 3. The highest BCUT2D eigenvalue weighted by molar-refractivity contribution is 7.92. The van der Waals surface area contributed by atoms with E-state index in [2.05, 4.69) is 10.0 Å². The molecule has 2 aliphatic heterocycles. The molecule has 0 aromatic heterocycles. The van der Waals surface area contributed by atoms with Gasteiger partial charge in [-0.05, 0) is 37.3 Å². The molecule has 0 saturated carbocycles. The summed E-state index contributed by atoms with van der Waals surface area (Å²) in [5, 5.41) is 2.68. The van der Waals surface area contributed by atoms with Gasteiger partial charge in [-0.1, -0.05) is 0 Å². The summed E-state index contributed by atoms with van der Waals surface area (Å²) in [6.07, 6.45) is -0.595. The topological polar surface area (TPSA) is 103 Å².